The second-order valence-electron chi connectivity index (χ2n) is 5.39. The molecule has 2 aromatic heterocycles. The van der Waals surface area contributed by atoms with Gasteiger partial charge in [0.2, 0.25) is 12.3 Å². The van der Waals surface area contributed by atoms with Crippen LogP contribution in [0.4, 0.5) is 5.69 Å². The molecule has 0 aliphatic rings. The van der Waals surface area contributed by atoms with Crippen molar-refractivity contribution in [3.05, 3.63) is 54.4 Å². The Morgan fingerprint density at radius 1 is 1.20 bits per heavy atom. The Labute approximate surface area is 142 Å². The van der Waals surface area contributed by atoms with Crippen molar-refractivity contribution in [1.29, 1.82) is 0 Å². The molecule has 4 aromatic rings. The Hall–Kier alpha value is -3.55. The molecular weight excluding hydrogens is 320 g/mol. The number of fused-ring (bicyclic) bond motifs is 1. The lowest BCUT2D eigenvalue weighted by Crippen LogP contribution is -2.11. The van der Waals surface area contributed by atoms with Crippen LogP contribution in [-0.4, -0.2) is 31.1 Å². The van der Waals surface area contributed by atoms with E-state index in [0.29, 0.717) is 22.7 Å². The second-order valence-corrected chi connectivity index (χ2v) is 5.39. The lowest BCUT2D eigenvalue weighted by molar-refractivity contribution is 0.102. The molecule has 4 rings (SSSR count). The van der Waals surface area contributed by atoms with E-state index in [2.05, 4.69) is 25.8 Å². The van der Waals surface area contributed by atoms with E-state index in [9.17, 15) is 4.79 Å². The van der Waals surface area contributed by atoms with Crippen molar-refractivity contribution in [2.75, 3.05) is 5.32 Å². The minimum atomic E-state index is -0.226. The van der Waals surface area contributed by atoms with Gasteiger partial charge in [-0.3, -0.25) is 4.79 Å². The zero-order chi connectivity index (χ0) is 17.2. The van der Waals surface area contributed by atoms with Gasteiger partial charge in [0.25, 0.3) is 5.91 Å². The average molecular weight is 334 g/mol. The highest BCUT2D eigenvalue weighted by atomic mass is 16.4. The third-order valence-corrected chi connectivity index (χ3v) is 3.80. The zero-order valence-electron chi connectivity index (χ0n) is 13.4. The highest BCUT2D eigenvalue weighted by Gasteiger charge is 2.11. The summed E-state index contributed by atoms with van der Waals surface area (Å²) in [6, 6.07) is 12.5. The molecule has 0 bridgehead atoms. The third-order valence-electron chi connectivity index (χ3n) is 3.80. The number of anilines is 1. The topological polar surface area (TPSA) is 98.7 Å². The van der Waals surface area contributed by atoms with Crippen LogP contribution in [0.3, 0.4) is 0 Å². The van der Waals surface area contributed by atoms with E-state index in [-0.39, 0.29) is 5.91 Å². The van der Waals surface area contributed by atoms with Crippen molar-refractivity contribution >= 4 is 22.6 Å². The summed E-state index contributed by atoms with van der Waals surface area (Å²) in [7, 11) is 0. The summed E-state index contributed by atoms with van der Waals surface area (Å²) in [5.41, 5.74) is 3.47. The first-order valence-electron chi connectivity index (χ1n) is 7.76. The molecule has 124 valence electrons. The number of nitrogens with one attached hydrogen (secondary N) is 1. The van der Waals surface area contributed by atoms with Crippen molar-refractivity contribution in [3.63, 3.8) is 0 Å². The molecule has 0 fully saturated rings. The number of aromatic nitrogens is 5. The van der Waals surface area contributed by atoms with Crippen molar-refractivity contribution in [2.24, 2.45) is 0 Å². The number of carbonyl (C=O) groups excluding carboxylic acids is 1. The van der Waals surface area contributed by atoms with E-state index < -0.39 is 0 Å². The van der Waals surface area contributed by atoms with E-state index >= 15 is 0 Å². The average Bonchev–Trinajstić information content (AvgIpc) is 3.31. The molecule has 0 unspecified atom stereocenters. The summed E-state index contributed by atoms with van der Waals surface area (Å²) in [5, 5.41) is 18.5. The normalized spacial score (nSPS) is 10.9. The van der Waals surface area contributed by atoms with Crippen LogP contribution < -0.4 is 5.32 Å². The summed E-state index contributed by atoms with van der Waals surface area (Å²) in [4.78, 5) is 12.5. The Balaban J connectivity index is 1.59. The van der Waals surface area contributed by atoms with Gasteiger partial charge in [-0.1, -0.05) is 11.3 Å². The number of carbonyl (C=O) groups is 1. The maximum Gasteiger partial charge on any atom is 0.255 e. The SMILES string of the molecule is CCn1nnc2cc(C(=O)Nc3cccc(-c4nnco4)c3)ccc21. The first-order chi connectivity index (χ1) is 12.2. The van der Waals surface area contributed by atoms with Crippen LogP contribution in [0.2, 0.25) is 0 Å². The van der Waals surface area contributed by atoms with Gasteiger partial charge in [0, 0.05) is 23.4 Å². The van der Waals surface area contributed by atoms with E-state index in [0.717, 1.165) is 17.6 Å². The molecular formula is C17H14N6O2. The van der Waals surface area contributed by atoms with Gasteiger partial charge in [0.15, 0.2) is 0 Å². The van der Waals surface area contributed by atoms with Crippen LogP contribution in [-0.2, 0) is 6.54 Å². The second kappa shape index (κ2) is 6.16. The van der Waals surface area contributed by atoms with E-state index in [4.69, 9.17) is 4.42 Å². The van der Waals surface area contributed by atoms with Gasteiger partial charge in [-0.15, -0.1) is 15.3 Å². The minimum absolute atomic E-state index is 0.226. The van der Waals surface area contributed by atoms with Crippen molar-refractivity contribution in [1.82, 2.24) is 25.2 Å². The van der Waals surface area contributed by atoms with Gasteiger partial charge < -0.3 is 9.73 Å². The van der Waals surface area contributed by atoms with Gasteiger partial charge in [0.1, 0.15) is 5.52 Å². The predicted octanol–water partition coefficient (Wildman–Crippen LogP) is 2.75. The van der Waals surface area contributed by atoms with Gasteiger partial charge in [-0.25, -0.2) is 4.68 Å². The van der Waals surface area contributed by atoms with Crippen LogP contribution in [0.25, 0.3) is 22.5 Å². The van der Waals surface area contributed by atoms with Gasteiger partial charge in [-0.2, -0.15) is 0 Å². The number of nitrogens with zero attached hydrogens (tertiary/aromatic N) is 5. The number of benzene rings is 2. The van der Waals surface area contributed by atoms with E-state index in [1.807, 2.05) is 25.1 Å². The number of hydrogen-bond donors (Lipinski definition) is 1. The number of hydrogen-bond acceptors (Lipinski definition) is 6. The fourth-order valence-electron chi connectivity index (χ4n) is 2.58. The molecule has 1 N–H and O–H groups in total. The predicted molar refractivity (Wildman–Crippen MR) is 90.9 cm³/mol. The van der Waals surface area contributed by atoms with Crippen LogP contribution >= 0.6 is 0 Å². The van der Waals surface area contributed by atoms with Crippen LogP contribution in [0.1, 0.15) is 17.3 Å². The fourth-order valence-corrected chi connectivity index (χ4v) is 2.58. The molecule has 2 heterocycles. The lowest BCUT2D eigenvalue weighted by atomic mass is 10.1. The molecule has 0 aliphatic heterocycles. The van der Waals surface area contributed by atoms with Crippen LogP contribution in [0, 0.1) is 0 Å². The Morgan fingerprint density at radius 2 is 2.12 bits per heavy atom. The van der Waals surface area contributed by atoms with E-state index in [1.54, 1.807) is 28.9 Å². The fraction of sp³-hybridized carbons (Fsp3) is 0.118. The van der Waals surface area contributed by atoms with Gasteiger partial charge in [-0.05, 0) is 43.3 Å². The largest absolute Gasteiger partial charge is 0.423 e. The van der Waals surface area contributed by atoms with Gasteiger partial charge >= 0.3 is 0 Å². The molecule has 0 aliphatic carbocycles. The molecule has 1 amide bonds. The molecule has 0 saturated carbocycles. The molecule has 0 saturated heterocycles. The summed E-state index contributed by atoms with van der Waals surface area (Å²) < 4.78 is 6.96. The van der Waals surface area contributed by atoms with Crippen molar-refractivity contribution in [2.45, 2.75) is 13.5 Å². The highest BCUT2D eigenvalue weighted by molar-refractivity contribution is 6.06. The summed E-state index contributed by atoms with van der Waals surface area (Å²) in [6.07, 6.45) is 1.26. The summed E-state index contributed by atoms with van der Waals surface area (Å²) in [6.45, 7) is 2.72. The maximum atomic E-state index is 12.5. The lowest BCUT2D eigenvalue weighted by Gasteiger charge is -2.06. The molecule has 2 aromatic carbocycles. The molecule has 25 heavy (non-hydrogen) atoms. The zero-order valence-corrected chi connectivity index (χ0v) is 13.4. The number of rotatable bonds is 4. The molecule has 0 spiro atoms. The maximum absolute atomic E-state index is 12.5. The third kappa shape index (κ3) is 2.85. The van der Waals surface area contributed by atoms with Crippen LogP contribution in [0.5, 0.6) is 0 Å². The van der Waals surface area contributed by atoms with Gasteiger partial charge in [0.05, 0.1) is 5.52 Å². The first-order valence-corrected chi connectivity index (χ1v) is 7.76. The molecule has 0 radical (unpaired) electrons. The first kappa shape index (κ1) is 15.0. The smallest absolute Gasteiger partial charge is 0.255 e. The number of aryl methyl sites for hydroxylation is 1. The molecule has 0 atom stereocenters. The van der Waals surface area contributed by atoms with Crippen molar-refractivity contribution in [3.8, 4) is 11.5 Å². The minimum Gasteiger partial charge on any atom is -0.423 e. The summed E-state index contributed by atoms with van der Waals surface area (Å²) in [5.74, 6) is 0.171. The van der Waals surface area contributed by atoms with Crippen molar-refractivity contribution < 1.29 is 9.21 Å². The Kier molecular flexibility index (Phi) is 3.70. The van der Waals surface area contributed by atoms with E-state index in [1.165, 1.54) is 6.39 Å². The Morgan fingerprint density at radius 3 is 2.92 bits per heavy atom. The quantitative estimate of drug-likeness (QED) is 0.616. The monoisotopic (exact) mass is 334 g/mol. The summed E-state index contributed by atoms with van der Waals surface area (Å²) >= 11 is 0. The number of amides is 1. The standard InChI is InChI=1S/C17H14N6O2/c1-2-23-15-7-6-11(9-14(15)20-22-23)16(24)19-13-5-3-4-12(8-13)17-21-18-10-25-17/h3-10H,2H2,1H3,(H,19,24). The highest BCUT2D eigenvalue weighted by Crippen LogP contribution is 2.21. The Bertz CT molecular complexity index is 1040. The molecule has 8 heteroatoms. The molecule has 8 nitrogen and oxygen atoms in total. The van der Waals surface area contributed by atoms with Crippen LogP contribution in [0.15, 0.2) is 53.3 Å².